The van der Waals surface area contributed by atoms with Gasteiger partial charge in [0.2, 0.25) is 5.92 Å². The van der Waals surface area contributed by atoms with Crippen molar-refractivity contribution in [3.63, 3.8) is 0 Å². The van der Waals surface area contributed by atoms with Gasteiger partial charge in [0, 0.05) is 11.9 Å². The molecule has 3 rings (SSSR count). The maximum atomic E-state index is 13.6. The summed E-state index contributed by atoms with van der Waals surface area (Å²) >= 11 is 0. The molecule has 0 bridgehead atoms. The van der Waals surface area contributed by atoms with Crippen LogP contribution < -0.4 is 0 Å². The van der Waals surface area contributed by atoms with Crippen LogP contribution in [0.4, 0.5) is 0 Å². The third-order valence-corrected chi connectivity index (χ3v) is 6.29. The SMILES string of the molecule is COC(=O)C(C(=O)OC)C(=O)C1(n2cccc2C2CCCCC2)CCCC1. The average molecular weight is 375 g/mol. The van der Waals surface area contributed by atoms with Gasteiger partial charge >= 0.3 is 11.9 Å². The smallest absolute Gasteiger partial charge is 0.327 e. The van der Waals surface area contributed by atoms with Gasteiger partial charge in [0.15, 0.2) is 5.78 Å². The molecule has 6 nitrogen and oxygen atoms in total. The molecule has 2 aliphatic carbocycles. The fourth-order valence-corrected chi connectivity index (χ4v) is 4.90. The minimum atomic E-state index is -1.53. The summed E-state index contributed by atoms with van der Waals surface area (Å²) in [4.78, 5) is 38.1. The summed E-state index contributed by atoms with van der Waals surface area (Å²) in [6, 6.07) is 4.07. The van der Waals surface area contributed by atoms with Gasteiger partial charge in [0.25, 0.3) is 0 Å². The van der Waals surface area contributed by atoms with E-state index in [0.717, 1.165) is 31.4 Å². The number of ether oxygens (including phenoxy) is 2. The van der Waals surface area contributed by atoms with Gasteiger partial charge in [0.1, 0.15) is 5.54 Å². The number of aromatic nitrogens is 1. The highest BCUT2D eigenvalue weighted by atomic mass is 16.5. The highest BCUT2D eigenvalue weighted by molar-refractivity contribution is 6.17. The zero-order valence-corrected chi connectivity index (χ0v) is 16.2. The van der Waals surface area contributed by atoms with Crippen molar-refractivity contribution in [3.8, 4) is 0 Å². The molecule has 1 heterocycles. The van der Waals surface area contributed by atoms with E-state index >= 15 is 0 Å². The lowest BCUT2D eigenvalue weighted by Crippen LogP contribution is -2.49. The second-order valence-corrected chi connectivity index (χ2v) is 7.72. The van der Waals surface area contributed by atoms with Crippen LogP contribution in [0.1, 0.15) is 69.4 Å². The van der Waals surface area contributed by atoms with Gasteiger partial charge in [-0.05, 0) is 43.7 Å². The minimum Gasteiger partial charge on any atom is -0.468 e. The van der Waals surface area contributed by atoms with Crippen LogP contribution in [-0.4, -0.2) is 36.5 Å². The Kier molecular flexibility index (Phi) is 6.02. The second-order valence-electron chi connectivity index (χ2n) is 7.72. The molecule has 148 valence electrons. The van der Waals surface area contributed by atoms with Crippen LogP contribution in [0.5, 0.6) is 0 Å². The highest BCUT2D eigenvalue weighted by Gasteiger charge is 2.51. The Bertz CT molecular complexity index is 679. The molecule has 0 aromatic carbocycles. The molecule has 0 unspecified atom stereocenters. The summed E-state index contributed by atoms with van der Waals surface area (Å²) in [5, 5.41) is 0. The summed E-state index contributed by atoms with van der Waals surface area (Å²) in [7, 11) is 2.38. The first-order chi connectivity index (χ1) is 13.0. The molecule has 27 heavy (non-hydrogen) atoms. The molecule has 2 saturated carbocycles. The van der Waals surface area contributed by atoms with Crippen LogP contribution in [0.2, 0.25) is 0 Å². The van der Waals surface area contributed by atoms with Crippen molar-refractivity contribution in [3.05, 3.63) is 24.0 Å². The standard InChI is InChI=1S/C21H29NO5/c1-26-19(24)17(20(25)27-2)18(23)21(12-6-7-13-21)22-14-8-11-16(22)15-9-4-3-5-10-15/h8,11,14-15,17H,3-7,9-10,12-13H2,1-2H3. The number of methoxy groups -OCH3 is 2. The van der Waals surface area contributed by atoms with Gasteiger partial charge in [0.05, 0.1) is 14.2 Å². The number of carbonyl (C=O) groups is 3. The quantitative estimate of drug-likeness (QED) is 0.563. The Morgan fingerprint density at radius 2 is 1.59 bits per heavy atom. The van der Waals surface area contributed by atoms with E-state index in [4.69, 9.17) is 9.47 Å². The molecule has 0 N–H and O–H groups in total. The van der Waals surface area contributed by atoms with Gasteiger partial charge < -0.3 is 14.0 Å². The number of ketones is 1. The number of hydrogen-bond donors (Lipinski definition) is 0. The van der Waals surface area contributed by atoms with Crippen LogP contribution in [-0.2, 0) is 29.4 Å². The zero-order valence-electron chi connectivity index (χ0n) is 16.2. The first-order valence-electron chi connectivity index (χ1n) is 9.93. The van der Waals surface area contributed by atoms with E-state index in [0.29, 0.717) is 18.8 Å². The van der Waals surface area contributed by atoms with E-state index in [1.807, 2.05) is 12.3 Å². The average Bonchev–Trinajstić information content (AvgIpc) is 3.38. The Morgan fingerprint density at radius 1 is 1.00 bits per heavy atom. The maximum absolute atomic E-state index is 13.6. The fraction of sp³-hybridized carbons (Fsp3) is 0.667. The monoisotopic (exact) mass is 375 g/mol. The Morgan fingerprint density at radius 3 is 2.15 bits per heavy atom. The zero-order chi connectivity index (χ0) is 19.4. The first-order valence-corrected chi connectivity index (χ1v) is 9.93. The Labute approximate surface area is 160 Å². The molecule has 2 fully saturated rings. The van der Waals surface area contributed by atoms with Crippen LogP contribution in [0.15, 0.2) is 18.3 Å². The molecule has 0 saturated heterocycles. The van der Waals surface area contributed by atoms with Crippen molar-refractivity contribution in [2.75, 3.05) is 14.2 Å². The molecule has 0 aliphatic heterocycles. The number of esters is 2. The predicted octanol–water partition coefficient (Wildman–Crippen LogP) is 3.34. The predicted molar refractivity (Wildman–Crippen MR) is 99.2 cm³/mol. The van der Waals surface area contributed by atoms with Gasteiger partial charge in [-0.15, -0.1) is 0 Å². The number of carbonyl (C=O) groups excluding carboxylic acids is 3. The van der Waals surface area contributed by atoms with Gasteiger partial charge in [-0.25, -0.2) is 0 Å². The summed E-state index contributed by atoms with van der Waals surface area (Å²) in [6.45, 7) is 0. The minimum absolute atomic E-state index is 0.396. The summed E-state index contributed by atoms with van der Waals surface area (Å²) < 4.78 is 11.6. The van der Waals surface area contributed by atoms with E-state index in [-0.39, 0.29) is 0 Å². The number of hydrogen-bond acceptors (Lipinski definition) is 5. The summed E-state index contributed by atoms with van der Waals surface area (Å²) in [6.07, 6.45) is 10.9. The Hall–Kier alpha value is -2.11. The van der Waals surface area contributed by atoms with Crippen molar-refractivity contribution < 1.29 is 23.9 Å². The molecular formula is C21H29NO5. The van der Waals surface area contributed by atoms with E-state index in [9.17, 15) is 14.4 Å². The molecule has 1 aromatic heterocycles. The summed E-state index contributed by atoms with van der Waals surface area (Å²) in [5.74, 6) is -3.19. The lowest BCUT2D eigenvalue weighted by atomic mass is 9.81. The molecule has 0 radical (unpaired) electrons. The van der Waals surface area contributed by atoms with Crippen LogP contribution >= 0.6 is 0 Å². The largest absolute Gasteiger partial charge is 0.468 e. The number of Topliss-reactive ketones (excluding diaryl/α,β-unsaturated/α-hetero) is 1. The van der Waals surface area contributed by atoms with Gasteiger partial charge in [-0.3, -0.25) is 14.4 Å². The van der Waals surface area contributed by atoms with Crippen molar-refractivity contribution in [1.82, 2.24) is 4.57 Å². The first kappa shape index (κ1) is 19.6. The van der Waals surface area contributed by atoms with E-state index in [1.165, 1.54) is 33.5 Å². The van der Waals surface area contributed by atoms with Crippen molar-refractivity contribution >= 4 is 17.7 Å². The Balaban J connectivity index is 2.01. The van der Waals surface area contributed by atoms with E-state index < -0.39 is 29.2 Å². The number of rotatable bonds is 6. The van der Waals surface area contributed by atoms with Gasteiger partial charge in [-0.2, -0.15) is 0 Å². The fourth-order valence-electron chi connectivity index (χ4n) is 4.90. The molecule has 1 aromatic rings. The highest BCUT2D eigenvalue weighted by Crippen LogP contribution is 2.43. The molecule has 2 aliphatic rings. The van der Waals surface area contributed by atoms with Crippen molar-refractivity contribution in [2.24, 2.45) is 5.92 Å². The maximum Gasteiger partial charge on any atom is 0.327 e. The lowest BCUT2D eigenvalue weighted by Gasteiger charge is -2.35. The second kappa shape index (κ2) is 8.28. The topological polar surface area (TPSA) is 74.6 Å². The molecule has 0 spiro atoms. The van der Waals surface area contributed by atoms with Gasteiger partial charge in [-0.1, -0.05) is 32.1 Å². The lowest BCUT2D eigenvalue weighted by molar-refractivity contribution is -0.163. The van der Waals surface area contributed by atoms with Crippen molar-refractivity contribution in [2.45, 2.75) is 69.2 Å². The number of nitrogens with zero attached hydrogens (tertiary/aromatic N) is 1. The summed E-state index contributed by atoms with van der Waals surface area (Å²) in [5.41, 5.74) is 0.280. The molecular weight excluding hydrogens is 346 g/mol. The van der Waals surface area contributed by atoms with Crippen LogP contribution in [0.25, 0.3) is 0 Å². The normalized spacial score (nSPS) is 19.8. The van der Waals surface area contributed by atoms with Crippen LogP contribution in [0.3, 0.4) is 0 Å². The molecule has 0 atom stereocenters. The molecule has 0 amide bonds. The van der Waals surface area contributed by atoms with Crippen LogP contribution in [0, 0.1) is 5.92 Å². The van der Waals surface area contributed by atoms with E-state index in [2.05, 4.69) is 10.6 Å². The van der Waals surface area contributed by atoms with E-state index in [1.54, 1.807) is 0 Å². The van der Waals surface area contributed by atoms with Crippen molar-refractivity contribution in [1.29, 1.82) is 0 Å². The molecule has 6 heteroatoms. The third kappa shape index (κ3) is 3.54. The third-order valence-electron chi connectivity index (χ3n) is 6.29.